The van der Waals surface area contributed by atoms with Crippen molar-refractivity contribution in [3.8, 4) is 0 Å². The molecule has 0 bridgehead atoms. The van der Waals surface area contributed by atoms with Crippen LogP contribution in [0.25, 0.3) is 0 Å². The molecule has 84 valence electrons. The van der Waals surface area contributed by atoms with Gasteiger partial charge in [0.25, 0.3) is 0 Å². The highest BCUT2D eigenvalue weighted by Crippen LogP contribution is 2.13. The molecular weight excluding hydrogens is 214 g/mol. The maximum absolute atomic E-state index is 2.46. The van der Waals surface area contributed by atoms with Gasteiger partial charge >= 0.3 is 0 Å². The first-order chi connectivity index (χ1) is 7.88. The highest BCUT2D eigenvalue weighted by atomic mass is 32.1. The zero-order valence-electron chi connectivity index (χ0n) is 9.60. The lowest BCUT2D eigenvalue weighted by molar-refractivity contribution is 0.274. The molecule has 0 unspecified atom stereocenters. The Kier molecular flexibility index (Phi) is 4.14. The van der Waals surface area contributed by atoms with E-state index in [1.807, 2.05) is 11.3 Å². The van der Waals surface area contributed by atoms with Gasteiger partial charge in [-0.2, -0.15) is 0 Å². The minimum absolute atomic E-state index is 1.04. The van der Waals surface area contributed by atoms with Crippen LogP contribution in [0.5, 0.6) is 0 Å². The van der Waals surface area contributed by atoms with Crippen molar-refractivity contribution in [3.05, 3.63) is 58.3 Å². The highest BCUT2D eigenvalue weighted by molar-refractivity contribution is 7.09. The summed E-state index contributed by atoms with van der Waals surface area (Å²) in [6.07, 6.45) is 0. The summed E-state index contributed by atoms with van der Waals surface area (Å²) in [5.74, 6) is 0. The van der Waals surface area contributed by atoms with Gasteiger partial charge in [-0.15, -0.1) is 11.3 Å². The molecule has 0 aliphatic heterocycles. The zero-order chi connectivity index (χ0) is 11.2. The van der Waals surface area contributed by atoms with Crippen LogP contribution >= 0.6 is 11.3 Å². The fourth-order valence-corrected chi connectivity index (χ4v) is 2.49. The lowest BCUT2D eigenvalue weighted by Crippen LogP contribution is -2.21. The van der Waals surface area contributed by atoms with Gasteiger partial charge in [0.05, 0.1) is 0 Å². The van der Waals surface area contributed by atoms with E-state index >= 15 is 0 Å². The Hall–Kier alpha value is -1.12. The van der Waals surface area contributed by atoms with Gasteiger partial charge in [-0.1, -0.05) is 43.3 Å². The van der Waals surface area contributed by atoms with Crippen molar-refractivity contribution in [2.45, 2.75) is 20.0 Å². The summed E-state index contributed by atoms with van der Waals surface area (Å²) in [6.45, 7) is 5.40. The molecule has 0 radical (unpaired) electrons. The first-order valence-corrected chi connectivity index (χ1v) is 6.55. The zero-order valence-corrected chi connectivity index (χ0v) is 10.4. The summed E-state index contributed by atoms with van der Waals surface area (Å²) in [6, 6.07) is 15.0. The monoisotopic (exact) mass is 231 g/mol. The van der Waals surface area contributed by atoms with Crippen molar-refractivity contribution >= 4 is 11.3 Å². The van der Waals surface area contributed by atoms with Gasteiger partial charge in [-0.05, 0) is 23.6 Å². The Bertz CT molecular complexity index is 394. The van der Waals surface area contributed by atoms with Crippen LogP contribution in [-0.4, -0.2) is 11.4 Å². The average Bonchev–Trinajstić information content (AvgIpc) is 2.82. The number of benzene rings is 1. The molecule has 0 amide bonds. The van der Waals surface area contributed by atoms with Crippen molar-refractivity contribution in [2.75, 3.05) is 6.54 Å². The maximum atomic E-state index is 2.46. The number of hydrogen-bond acceptors (Lipinski definition) is 2. The van der Waals surface area contributed by atoms with E-state index in [-0.39, 0.29) is 0 Å². The summed E-state index contributed by atoms with van der Waals surface area (Å²) >= 11 is 1.84. The van der Waals surface area contributed by atoms with E-state index in [0.29, 0.717) is 0 Å². The van der Waals surface area contributed by atoms with Crippen molar-refractivity contribution < 1.29 is 0 Å². The normalized spacial score (nSPS) is 10.9. The molecule has 2 rings (SSSR count). The average molecular weight is 231 g/mol. The number of thiophene rings is 1. The standard InChI is InChI=1S/C14H17NS/c1-2-15(12-14-9-6-10-16-14)11-13-7-4-3-5-8-13/h3-10H,2,11-12H2,1H3. The van der Waals surface area contributed by atoms with Crippen LogP contribution in [0.3, 0.4) is 0 Å². The Morgan fingerprint density at radius 2 is 1.81 bits per heavy atom. The smallest absolute Gasteiger partial charge is 0.0331 e. The van der Waals surface area contributed by atoms with Crippen molar-refractivity contribution in [3.63, 3.8) is 0 Å². The minimum atomic E-state index is 1.04. The summed E-state index contributed by atoms with van der Waals surface area (Å²) < 4.78 is 0. The molecule has 0 saturated heterocycles. The van der Waals surface area contributed by atoms with Gasteiger partial charge in [-0.3, -0.25) is 4.90 Å². The molecule has 0 aliphatic rings. The maximum Gasteiger partial charge on any atom is 0.0331 e. The second-order valence-corrected chi connectivity index (χ2v) is 4.90. The molecule has 0 atom stereocenters. The highest BCUT2D eigenvalue weighted by Gasteiger charge is 2.04. The Labute approximate surface area is 101 Å². The van der Waals surface area contributed by atoms with Crippen LogP contribution in [0, 0.1) is 0 Å². The molecule has 1 aromatic heterocycles. The largest absolute Gasteiger partial charge is 0.294 e. The second kappa shape index (κ2) is 5.83. The van der Waals surface area contributed by atoms with Gasteiger partial charge < -0.3 is 0 Å². The Balaban J connectivity index is 1.96. The van der Waals surface area contributed by atoms with E-state index in [1.54, 1.807) is 0 Å². The molecular formula is C14H17NS. The van der Waals surface area contributed by atoms with Gasteiger partial charge in [0.15, 0.2) is 0 Å². The van der Waals surface area contributed by atoms with Crippen molar-refractivity contribution in [1.29, 1.82) is 0 Å². The van der Waals surface area contributed by atoms with Crippen molar-refractivity contribution in [2.24, 2.45) is 0 Å². The molecule has 16 heavy (non-hydrogen) atoms. The molecule has 1 heterocycles. The third-order valence-corrected chi connectivity index (χ3v) is 3.52. The van der Waals surface area contributed by atoms with E-state index < -0.39 is 0 Å². The lowest BCUT2D eigenvalue weighted by atomic mass is 10.2. The van der Waals surface area contributed by atoms with Crippen LogP contribution in [0.2, 0.25) is 0 Å². The van der Waals surface area contributed by atoms with Gasteiger partial charge in [-0.25, -0.2) is 0 Å². The summed E-state index contributed by atoms with van der Waals surface area (Å²) in [4.78, 5) is 3.90. The topological polar surface area (TPSA) is 3.24 Å². The van der Waals surface area contributed by atoms with Gasteiger partial charge in [0, 0.05) is 18.0 Å². The van der Waals surface area contributed by atoms with Crippen molar-refractivity contribution in [1.82, 2.24) is 4.90 Å². The van der Waals surface area contributed by atoms with Gasteiger partial charge in [0.1, 0.15) is 0 Å². The lowest BCUT2D eigenvalue weighted by Gasteiger charge is -2.19. The number of nitrogens with zero attached hydrogens (tertiary/aromatic N) is 1. The predicted octanol–water partition coefficient (Wildman–Crippen LogP) is 3.77. The molecule has 1 nitrogen and oxygen atoms in total. The van der Waals surface area contributed by atoms with Crippen LogP contribution in [0.15, 0.2) is 47.8 Å². The first-order valence-electron chi connectivity index (χ1n) is 5.67. The van der Waals surface area contributed by atoms with Crippen LogP contribution in [0.1, 0.15) is 17.4 Å². The molecule has 0 aliphatic carbocycles. The number of rotatable bonds is 5. The van der Waals surface area contributed by atoms with E-state index in [4.69, 9.17) is 0 Å². The molecule has 2 heteroatoms. The quantitative estimate of drug-likeness (QED) is 0.757. The van der Waals surface area contributed by atoms with Crippen LogP contribution < -0.4 is 0 Å². The van der Waals surface area contributed by atoms with E-state index in [9.17, 15) is 0 Å². The van der Waals surface area contributed by atoms with Crippen LogP contribution in [-0.2, 0) is 13.1 Å². The van der Waals surface area contributed by atoms with E-state index in [1.165, 1.54) is 10.4 Å². The number of hydrogen-bond donors (Lipinski definition) is 0. The fraction of sp³-hybridized carbons (Fsp3) is 0.286. The molecule has 0 saturated carbocycles. The molecule has 1 aromatic carbocycles. The summed E-state index contributed by atoms with van der Waals surface area (Å²) in [7, 11) is 0. The fourth-order valence-electron chi connectivity index (χ4n) is 1.74. The van der Waals surface area contributed by atoms with E-state index in [0.717, 1.165) is 19.6 Å². The van der Waals surface area contributed by atoms with Crippen LogP contribution in [0.4, 0.5) is 0 Å². The SMILES string of the molecule is CCN(Cc1ccccc1)Cc1cccs1. The Morgan fingerprint density at radius 1 is 1.00 bits per heavy atom. The second-order valence-electron chi connectivity index (χ2n) is 3.87. The first kappa shape index (κ1) is 11.4. The summed E-state index contributed by atoms with van der Waals surface area (Å²) in [5.41, 5.74) is 1.39. The third-order valence-electron chi connectivity index (χ3n) is 2.66. The predicted molar refractivity (Wildman–Crippen MR) is 70.5 cm³/mol. The Morgan fingerprint density at radius 3 is 2.44 bits per heavy atom. The van der Waals surface area contributed by atoms with Gasteiger partial charge in [0.2, 0.25) is 0 Å². The molecule has 0 spiro atoms. The molecule has 0 fully saturated rings. The summed E-state index contributed by atoms with van der Waals surface area (Å²) in [5, 5.41) is 2.14. The molecule has 0 N–H and O–H groups in total. The molecule has 2 aromatic rings. The minimum Gasteiger partial charge on any atom is -0.294 e. The third kappa shape index (κ3) is 3.19. The van der Waals surface area contributed by atoms with E-state index in [2.05, 4.69) is 59.7 Å².